The van der Waals surface area contributed by atoms with Gasteiger partial charge in [-0.1, -0.05) is 0 Å². The van der Waals surface area contributed by atoms with E-state index in [4.69, 9.17) is 0 Å². The number of Topliss-reactive ketones (excluding diaryl/α,β-unsaturated/α-hetero) is 1. The molecule has 1 aromatic rings. The molecule has 12 heavy (non-hydrogen) atoms. The number of ketones is 1. The van der Waals surface area contributed by atoms with E-state index in [-0.39, 0.29) is 5.78 Å². The molecule has 0 spiro atoms. The molecule has 0 radical (unpaired) electrons. The predicted octanol–water partition coefficient (Wildman–Crippen LogP) is 1.63. The number of hydrogen-bond acceptors (Lipinski definition) is 3. The molecule has 0 amide bonds. The minimum absolute atomic E-state index is 0.0754. The van der Waals surface area contributed by atoms with Crippen LogP contribution in [0.25, 0.3) is 0 Å². The van der Waals surface area contributed by atoms with Gasteiger partial charge < -0.3 is 5.32 Å². The summed E-state index contributed by atoms with van der Waals surface area (Å²) in [6.07, 6.45) is 1.70. The summed E-state index contributed by atoms with van der Waals surface area (Å²) in [7, 11) is 1.78. The van der Waals surface area contributed by atoms with Crippen molar-refractivity contribution in [3.05, 3.63) is 23.4 Å². The Bertz CT molecular complexity index is 307. The summed E-state index contributed by atoms with van der Waals surface area (Å²) in [4.78, 5) is 15.2. The summed E-state index contributed by atoms with van der Waals surface area (Å²) in [6, 6.07) is 1.76. The average molecular weight is 164 g/mol. The van der Waals surface area contributed by atoms with Crippen molar-refractivity contribution in [2.24, 2.45) is 0 Å². The van der Waals surface area contributed by atoms with Gasteiger partial charge in [-0.25, -0.2) is 4.98 Å². The number of rotatable bonds is 2. The molecule has 0 fully saturated rings. The number of nitrogens with one attached hydrogen (secondary N) is 1. The third-order valence-corrected chi connectivity index (χ3v) is 1.74. The maximum absolute atomic E-state index is 11.1. The number of hydrogen-bond donors (Lipinski definition) is 1. The minimum atomic E-state index is 0.0754. The van der Waals surface area contributed by atoms with Crippen LogP contribution in [0.4, 0.5) is 5.82 Å². The van der Waals surface area contributed by atoms with Crippen LogP contribution in [0.1, 0.15) is 22.8 Å². The van der Waals surface area contributed by atoms with E-state index in [1.54, 1.807) is 26.2 Å². The zero-order chi connectivity index (χ0) is 9.14. The lowest BCUT2D eigenvalue weighted by Crippen LogP contribution is -2.00. The van der Waals surface area contributed by atoms with Gasteiger partial charge in [0.25, 0.3) is 0 Å². The van der Waals surface area contributed by atoms with Gasteiger partial charge in [0, 0.05) is 18.8 Å². The molecule has 3 heteroatoms. The van der Waals surface area contributed by atoms with Crippen LogP contribution in [0.2, 0.25) is 0 Å². The molecule has 0 saturated carbocycles. The van der Waals surface area contributed by atoms with Crippen molar-refractivity contribution >= 4 is 11.6 Å². The van der Waals surface area contributed by atoms with Crippen LogP contribution >= 0.6 is 0 Å². The van der Waals surface area contributed by atoms with E-state index in [9.17, 15) is 4.79 Å². The first-order valence-corrected chi connectivity index (χ1v) is 3.80. The first-order valence-electron chi connectivity index (χ1n) is 3.80. The quantitative estimate of drug-likeness (QED) is 0.675. The van der Waals surface area contributed by atoms with Crippen molar-refractivity contribution in [3.63, 3.8) is 0 Å². The Labute approximate surface area is 71.8 Å². The number of nitrogens with zero attached hydrogens (tertiary/aromatic N) is 1. The van der Waals surface area contributed by atoms with Crippen molar-refractivity contribution in [1.82, 2.24) is 4.98 Å². The smallest absolute Gasteiger partial charge is 0.160 e. The Morgan fingerprint density at radius 3 is 2.75 bits per heavy atom. The molecule has 0 aliphatic carbocycles. The molecule has 1 heterocycles. The van der Waals surface area contributed by atoms with Gasteiger partial charge in [-0.3, -0.25) is 4.79 Å². The van der Waals surface area contributed by atoms with Gasteiger partial charge >= 0.3 is 0 Å². The monoisotopic (exact) mass is 164 g/mol. The first kappa shape index (κ1) is 8.71. The summed E-state index contributed by atoms with van der Waals surface area (Å²) in [5.74, 6) is 0.803. The average Bonchev–Trinajstić information content (AvgIpc) is 2.05. The Hall–Kier alpha value is -1.38. The molecule has 3 nitrogen and oxygen atoms in total. The molecule has 64 valence electrons. The molecule has 0 aliphatic heterocycles. The Kier molecular flexibility index (Phi) is 2.43. The largest absolute Gasteiger partial charge is 0.373 e. The minimum Gasteiger partial charge on any atom is -0.373 e. The molecule has 1 aromatic heterocycles. The van der Waals surface area contributed by atoms with Crippen LogP contribution in [0.15, 0.2) is 12.3 Å². The second-order valence-corrected chi connectivity index (χ2v) is 2.69. The molecule has 1 rings (SSSR count). The fraction of sp³-hybridized carbons (Fsp3) is 0.333. The van der Waals surface area contributed by atoms with Crippen molar-refractivity contribution in [2.45, 2.75) is 13.8 Å². The van der Waals surface area contributed by atoms with E-state index in [0.717, 1.165) is 16.9 Å². The normalized spacial score (nSPS) is 9.58. The zero-order valence-electron chi connectivity index (χ0n) is 7.51. The van der Waals surface area contributed by atoms with Crippen molar-refractivity contribution in [3.8, 4) is 0 Å². The molecular formula is C9H12N2O. The summed E-state index contributed by atoms with van der Waals surface area (Å²) < 4.78 is 0. The topological polar surface area (TPSA) is 42.0 Å². The Morgan fingerprint density at radius 2 is 2.25 bits per heavy atom. The summed E-state index contributed by atoms with van der Waals surface area (Å²) in [6.45, 7) is 3.44. The standard InChI is InChI=1S/C9H12N2O/c1-6-5-11-9(10-3)4-8(6)7(2)12/h4-5H,1-3H3,(H,10,11). The number of aryl methyl sites for hydroxylation is 1. The number of carbonyl (C=O) groups is 1. The van der Waals surface area contributed by atoms with Crippen LogP contribution in [0.5, 0.6) is 0 Å². The van der Waals surface area contributed by atoms with E-state index in [2.05, 4.69) is 10.3 Å². The van der Waals surface area contributed by atoms with Crippen LogP contribution in [0.3, 0.4) is 0 Å². The highest BCUT2D eigenvalue weighted by Crippen LogP contribution is 2.11. The highest BCUT2D eigenvalue weighted by molar-refractivity contribution is 5.96. The Balaban J connectivity index is 3.17. The van der Waals surface area contributed by atoms with E-state index in [1.165, 1.54) is 0 Å². The summed E-state index contributed by atoms with van der Waals surface area (Å²) >= 11 is 0. The molecule has 0 atom stereocenters. The van der Waals surface area contributed by atoms with Crippen molar-refractivity contribution in [1.29, 1.82) is 0 Å². The third-order valence-electron chi connectivity index (χ3n) is 1.74. The van der Waals surface area contributed by atoms with Crippen LogP contribution in [0, 0.1) is 6.92 Å². The maximum atomic E-state index is 11.1. The number of aromatic nitrogens is 1. The van der Waals surface area contributed by atoms with Crippen molar-refractivity contribution in [2.75, 3.05) is 12.4 Å². The number of pyridine rings is 1. The lowest BCUT2D eigenvalue weighted by atomic mass is 10.1. The molecule has 1 N–H and O–H groups in total. The lowest BCUT2D eigenvalue weighted by molar-refractivity contribution is 0.101. The summed E-state index contributed by atoms with van der Waals surface area (Å²) in [5.41, 5.74) is 1.65. The van der Waals surface area contributed by atoms with Gasteiger partial charge in [0.2, 0.25) is 0 Å². The SMILES string of the molecule is CNc1cc(C(C)=O)c(C)cn1. The van der Waals surface area contributed by atoms with Crippen molar-refractivity contribution < 1.29 is 4.79 Å². The molecule has 0 bridgehead atoms. The lowest BCUT2D eigenvalue weighted by Gasteiger charge is -2.03. The van der Waals surface area contributed by atoms with Gasteiger partial charge in [0.05, 0.1) is 0 Å². The number of carbonyl (C=O) groups excluding carboxylic acids is 1. The third kappa shape index (κ3) is 1.61. The second kappa shape index (κ2) is 3.34. The fourth-order valence-electron chi connectivity index (χ4n) is 1.04. The highest BCUT2D eigenvalue weighted by atomic mass is 16.1. The first-order chi connectivity index (χ1) is 5.65. The van der Waals surface area contributed by atoms with Gasteiger partial charge in [-0.2, -0.15) is 0 Å². The predicted molar refractivity (Wildman–Crippen MR) is 48.5 cm³/mol. The molecular weight excluding hydrogens is 152 g/mol. The highest BCUT2D eigenvalue weighted by Gasteiger charge is 2.04. The van der Waals surface area contributed by atoms with Gasteiger partial charge in [0.15, 0.2) is 5.78 Å². The molecule has 0 saturated heterocycles. The van der Waals surface area contributed by atoms with E-state index < -0.39 is 0 Å². The van der Waals surface area contributed by atoms with Crippen LogP contribution in [-0.2, 0) is 0 Å². The molecule has 0 aliphatic rings. The Morgan fingerprint density at radius 1 is 1.58 bits per heavy atom. The molecule has 0 aromatic carbocycles. The van der Waals surface area contributed by atoms with Gasteiger partial charge in [0.1, 0.15) is 5.82 Å². The summed E-state index contributed by atoms with van der Waals surface area (Å²) in [5, 5.41) is 2.89. The maximum Gasteiger partial charge on any atom is 0.160 e. The zero-order valence-corrected chi connectivity index (χ0v) is 7.51. The van der Waals surface area contributed by atoms with Crippen LogP contribution < -0.4 is 5.32 Å². The van der Waals surface area contributed by atoms with E-state index in [0.29, 0.717) is 0 Å². The van der Waals surface area contributed by atoms with Crippen LogP contribution in [-0.4, -0.2) is 17.8 Å². The van der Waals surface area contributed by atoms with Gasteiger partial charge in [-0.05, 0) is 25.5 Å². The number of anilines is 1. The van der Waals surface area contributed by atoms with E-state index >= 15 is 0 Å². The fourth-order valence-corrected chi connectivity index (χ4v) is 1.04. The molecule has 0 unspecified atom stereocenters. The second-order valence-electron chi connectivity index (χ2n) is 2.69. The van der Waals surface area contributed by atoms with E-state index in [1.807, 2.05) is 6.92 Å². The van der Waals surface area contributed by atoms with Gasteiger partial charge in [-0.15, -0.1) is 0 Å².